The van der Waals surface area contributed by atoms with Gasteiger partial charge < -0.3 is 20.4 Å². The first kappa shape index (κ1) is 27.3. The maximum Gasteiger partial charge on any atom is 0.319 e. The van der Waals surface area contributed by atoms with Crippen molar-refractivity contribution in [3.63, 3.8) is 0 Å². The van der Waals surface area contributed by atoms with Crippen LogP contribution >= 0.6 is 11.6 Å². The quantitative estimate of drug-likeness (QED) is 0.534. The smallest absolute Gasteiger partial charge is 0.319 e. The van der Waals surface area contributed by atoms with Crippen LogP contribution in [0, 0.1) is 6.92 Å². The number of hydrogen-bond acceptors (Lipinski definition) is 6. The molecule has 2 aromatic carbocycles. The molecule has 39 heavy (non-hydrogen) atoms. The summed E-state index contributed by atoms with van der Waals surface area (Å²) < 4.78 is 0. The molecule has 1 atom stereocenters. The Hall–Kier alpha value is -3.27. The molecule has 5 rings (SSSR count). The van der Waals surface area contributed by atoms with Crippen molar-refractivity contribution >= 4 is 40.8 Å². The van der Waals surface area contributed by atoms with Crippen LogP contribution in [0.4, 0.5) is 10.5 Å². The number of halogens is 1. The number of Topliss-reactive ketones (excluding diaryl/α,β-unsaturated/α-hetero) is 2. The molecule has 0 spiro atoms. The van der Waals surface area contributed by atoms with Crippen LogP contribution in [-0.2, 0) is 29.2 Å². The van der Waals surface area contributed by atoms with Gasteiger partial charge in [0, 0.05) is 68.5 Å². The predicted molar refractivity (Wildman–Crippen MR) is 149 cm³/mol. The van der Waals surface area contributed by atoms with E-state index < -0.39 is 6.04 Å². The van der Waals surface area contributed by atoms with Gasteiger partial charge in [-0.1, -0.05) is 23.7 Å². The molecule has 2 heterocycles. The van der Waals surface area contributed by atoms with E-state index in [0.29, 0.717) is 35.7 Å². The predicted octanol–water partition coefficient (Wildman–Crippen LogP) is 3.36. The summed E-state index contributed by atoms with van der Waals surface area (Å²) in [6, 6.07) is 8.33. The molecule has 2 N–H and O–H groups in total. The molecule has 9 nitrogen and oxygen atoms in total. The maximum atomic E-state index is 13.1. The molecule has 0 aromatic heterocycles. The molecule has 3 aliphatic rings. The third-order valence-electron chi connectivity index (χ3n) is 7.97. The Morgan fingerprint density at radius 1 is 1.08 bits per heavy atom. The van der Waals surface area contributed by atoms with Crippen LogP contribution in [-0.4, -0.2) is 77.5 Å². The summed E-state index contributed by atoms with van der Waals surface area (Å²) in [6.45, 7) is 7.40. The van der Waals surface area contributed by atoms with Crippen molar-refractivity contribution in [1.29, 1.82) is 0 Å². The first-order valence-corrected chi connectivity index (χ1v) is 13.8. The second-order valence-electron chi connectivity index (χ2n) is 10.8. The molecule has 1 saturated carbocycles. The number of piperazine rings is 1. The van der Waals surface area contributed by atoms with Gasteiger partial charge in [0.2, 0.25) is 0 Å². The lowest BCUT2D eigenvalue weighted by Crippen LogP contribution is -2.44. The lowest BCUT2D eigenvalue weighted by Gasteiger charge is -2.32. The monoisotopic (exact) mass is 551 g/mol. The second kappa shape index (κ2) is 11.5. The zero-order valence-electron chi connectivity index (χ0n) is 22.4. The molecule has 206 valence electrons. The Morgan fingerprint density at radius 3 is 2.59 bits per heavy atom. The van der Waals surface area contributed by atoms with Gasteiger partial charge >= 0.3 is 6.03 Å². The van der Waals surface area contributed by atoms with E-state index in [1.165, 1.54) is 0 Å². The number of ketones is 2. The standard InChI is InChI=1S/C29H34ClN5O4/c1-18-21(16-34-9-7-33(2)8-10-34)12-22(13-25(18)30)32-29(39)31-15-19-3-4-20-17-35(28(38)24(20)11-19)26-6-5-23(36)14-27(26)37/h3-4,11-13,26H,5-10,14-17H2,1-2H3,(H2,31,32,39). The van der Waals surface area contributed by atoms with Crippen molar-refractivity contribution in [2.24, 2.45) is 0 Å². The highest BCUT2D eigenvalue weighted by molar-refractivity contribution is 6.31. The average Bonchev–Trinajstić information content (AvgIpc) is 3.22. The Bertz CT molecular complexity index is 1320. The SMILES string of the molecule is Cc1c(Cl)cc(NC(=O)NCc2ccc3c(c2)C(=O)N(C2CCC(=O)CC2=O)C3)cc1CN1CCN(C)CC1. The van der Waals surface area contributed by atoms with Crippen molar-refractivity contribution in [3.05, 3.63) is 63.2 Å². The summed E-state index contributed by atoms with van der Waals surface area (Å²) >= 11 is 6.50. The largest absolute Gasteiger partial charge is 0.334 e. The van der Waals surface area contributed by atoms with Crippen LogP contribution in [0.5, 0.6) is 0 Å². The molecule has 2 aromatic rings. The van der Waals surface area contributed by atoms with Crippen molar-refractivity contribution < 1.29 is 19.2 Å². The van der Waals surface area contributed by atoms with Crippen LogP contribution in [0.15, 0.2) is 30.3 Å². The third-order valence-corrected chi connectivity index (χ3v) is 8.37. The summed E-state index contributed by atoms with van der Waals surface area (Å²) in [5.74, 6) is -0.453. The molecule has 1 unspecified atom stereocenters. The van der Waals surface area contributed by atoms with Gasteiger partial charge in [-0.2, -0.15) is 0 Å². The second-order valence-corrected chi connectivity index (χ2v) is 11.2. The number of carbonyl (C=O) groups excluding carboxylic acids is 4. The van der Waals surface area contributed by atoms with Gasteiger partial charge in [0.1, 0.15) is 5.78 Å². The summed E-state index contributed by atoms with van der Waals surface area (Å²) in [5, 5.41) is 6.35. The maximum absolute atomic E-state index is 13.1. The van der Waals surface area contributed by atoms with E-state index in [1.807, 2.05) is 25.1 Å². The number of hydrogen-bond donors (Lipinski definition) is 2. The molecule has 0 radical (unpaired) electrons. The number of likely N-dealkylation sites (N-methyl/N-ethyl adjacent to an activating group) is 1. The number of nitrogens with zero attached hydrogens (tertiary/aromatic N) is 3. The van der Waals surface area contributed by atoms with E-state index in [9.17, 15) is 19.2 Å². The van der Waals surface area contributed by atoms with E-state index in [0.717, 1.165) is 55.0 Å². The highest BCUT2D eigenvalue weighted by atomic mass is 35.5. The lowest BCUT2D eigenvalue weighted by molar-refractivity contribution is -0.133. The summed E-state index contributed by atoms with van der Waals surface area (Å²) in [4.78, 5) is 56.0. The van der Waals surface area contributed by atoms with Gasteiger partial charge in [0.25, 0.3) is 5.91 Å². The van der Waals surface area contributed by atoms with Crippen LogP contribution in [0.3, 0.4) is 0 Å². The summed E-state index contributed by atoms with van der Waals surface area (Å²) in [7, 11) is 2.13. The molecular formula is C29H34ClN5O4. The lowest BCUT2D eigenvalue weighted by atomic mass is 9.92. The van der Waals surface area contributed by atoms with Crippen molar-refractivity contribution in [2.75, 3.05) is 38.5 Å². The zero-order chi connectivity index (χ0) is 27.7. The van der Waals surface area contributed by atoms with Gasteiger partial charge in [0.15, 0.2) is 5.78 Å². The van der Waals surface area contributed by atoms with Crippen molar-refractivity contribution in [1.82, 2.24) is 20.0 Å². The minimum atomic E-state index is -0.544. The fourth-order valence-corrected chi connectivity index (χ4v) is 5.74. The first-order valence-electron chi connectivity index (χ1n) is 13.4. The molecule has 1 saturated heterocycles. The van der Waals surface area contributed by atoms with E-state index in [2.05, 4.69) is 27.5 Å². The number of carbonyl (C=O) groups is 4. The van der Waals surface area contributed by atoms with Crippen LogP contribution in [0.25, 0.3) is 0 Å². The van der Waals surface area contributed by atoms with Crippen LogP contribution < -0.4 is 10.6 Å². The van der Waals surface area contributed by atoms with Gasteiger partial charge in [0.05, 0.1) is 12.5 Å². The fraction of sp³-hybridized carbons (Fsp3) is 0.448. The Balaban J connectivity index is 1.19. The third kappa shape index (κ3) is 6.16. The van der Waals surface area contributed by atoms with Gasteiger partial charge in [-0.25, -0.2) is 4.79 Å². The molecular weight excluding hydrogens is 518 g/mol. The minimum absolute atomic E-state index is 0.0637. The number of rotatable bonds is 6. The molecule has 3 amide bonds. The first-order chi connectivity index (χ1) is 18.7. The molecule has 1 aliphatic carbocycles. The summed E-state index contributed by atoms with van der Waals surface area (Å²) in [6.07, 6.45) is 0.606. The number of fused-ring (bicyclic) bond motifs is 1. The van der Waals surface area contributed by atoms with Crippen LogP contribution in [0.1, 0.15) is 51.9 Å². The number of urea groups is 1. The molecule has 0 bridgehead atoms. The normalized spacial score (nSPS) is 20.3. The van der Waals surface area contributed by atoms with Gasteiger partial charge in [-0.05, 0) is 60.8 Å². The van der Waals surface area contributed by atoms with E-state index in [-0.39, 0.29) is 36.5 Å². The zero-order valence-corrected chi connectivity index (χ0v) is 23.1. The molecule has 2 fully saturated rings. The van der Waals surface area contributed by atoms with Gasteiger partial charge in [-0.3, -0.25) is 19.3 Å². The number of benzene rings is 2. The number of nitrogens with one attached hydrogen (secondary N) is 2. The minimum Gasteiger partial charge on any atom is -0.334 e. The average molecular weight is 552 g/mol. The van der Waals surface area contributed by atoms with E-state index in [1.54, 1.807) is 17.0 Å². The highest BCUT2D eigenvalue weighted by Gasteiger charge is 2.38. The summed E-state index contributed by atoms with van der Waals surface area (Å²) in [5.41, 5.74) is 4.90. The van der Waals surface area contributed by atoms with Crippen LogP contribution in [0.2, 0.25) is 5.02 Å². The molecule has 10 heteroatoms. The van der Waals surface area contributed by atoms with E-state index >= 15 is 0 Å². The number of amides is 3. The Labute approximate surface area is 233 Å². The highest BCUT2D eigenvalue weighted by Crippen LogP contribution is 2.30. The van der Waals surface area contributed by atoms with Gasteiger partial charge in [-0.15, -0.1) is 0 Å². The Kier molecular flexibility index (Phi) is 8.02. The topological polar surface area (TPSA) is 102 Å². The fourth-order valence-electron chi connectivity index (χ4n) is 5.50. The van der Waals surface area contributed by atoms with Crippen molar-refractivity contribution in [3.8, 4) is 0 Å². The van der Waals surface area contributed by atoms with Crippen molar-refractivity contribution in [2.45, 2.75) is 51.9 Å². The Morgan fingerprint density at radius 2 is 1.85 bits per heavy atom. The molecule has 2 aliphatic heterocycles. The van der Waals surface area contributed by atoms with E-state index in [4.69, 9.17) is 11.6 Å². The number of anilines is 1.